The van der Waals surface area contributed by atoms with Gasteiger partial charge in [-0.3, -0.25) is 14.6 Å². The molecule has 0 bridgehead atoms. The molecular weight excluding hydrogens is 431 g/mol. The summed E-state index contributed by atoms with van der Waals surface area (Å²) in [5, 5.41) is 9.09. The van der Waals surface area contributed by atoms with Crippen LogP contribution in [0.25, 0.3) is 0 Å². The van der Waals surface area contributed by atoms with Crippen molar-refractivity contribution >= 4 is 23.5 Å². The lowest BCUT2D eigenvalue weighted by molar-refractivity contribution is -0.218. The number of amides is 1. The number of hydrogen-bond acceptors (Lipinski definition) is 6. The molecule has 0 radical (unpaired) electrons. The number of hydrogen-bond donors (Lipinski definition) is 1. The summed E-state index contributed by atoms with van der Waals surface area (Å²) in [6.07, 6.45) is -1.60. The van der Waals surface area contributed by atoms with Crippen molar-refractivity contribution in [2.24, 2.45) is 5.92 Å². The van der Waals surface area contributed by atoms with Crippen LogP contribution in [0.2, 0.25) is 0 Å². The zero-order valence-corrected chi connectivity index (χ0v) is 17.5. The smallest absolute Gasteiger partial charge is 0.481 e. The average molecular weight is 457 g/mol. The Bertz CT molecular complexity index is 818. The molecule has 176 valence electrons. The second kappa shape index (κ2) is 9.74. The molecule has 1 saturated carbocycles. The van der Waals surface area contributed by atoms with Crippen LogP contribution in [0, 0.1) is 5.92 Å². The third kappa shape index (κ3) is 6.10. The van der Waals surface area contributed by atoms with Crippen molar-refractivity contribution in [1.29, 1.82) is 0 Å². The van der Waals surface area contributed by atoms with E-state index in [1.807, 2.05) is 12.1 Å². The van der Waals surface area contributed by atoms with Gasteiger partial charge in [-0.15, -0.1) is 0 Å². The number of esters is 1. The Labute approximate surface area is 183 Å². The highest BCUT2D eigenvalue weighted by molar-refractivity contribution is 5.78. The molecule has 3 rings (SSSR count). The van der Waals surface area contributed by atoms with Crippen molar-refractivity contribution in [3.63, 3.8) is 0 Å². The van der Waals surface area contributed by atoms with Gasteiger partial charge in [0.1, 0.15) is 5.60 Å². The number of aliphatic carboxylic acids is 1. The Morgan fingerprint density at radius 3 is 2.22 bits per heavy atom. The summed E-state index contributed by atoms with van der Waals surface area (Å²) in [6.45, 7) is 2.52. The fraction of sp³-hybridized carbons (Fsp3) is 0.619. The molecule has 1 saturated heterocycles. The molecule has 32 heavy (non-hydrogen) atoms. The monoisotopic (exact) mass is 457 g/mol. The minimum atomic E-state index is -5.18. The van der Waals surface area contributed by atoms with Crippen LogP contribution in [-0.4, -0.2) is 70.8 Å². The van der Waals surface area contributed by atoms with Crippen LogP contribution in [0.15, 0.2) is 24.5 Å². The first-order chi connectivity index (χ1) is 15.1. The summed E-state index contributed by atoms with van der Waals surface area (Å²) in [4.78, 5) is 43.1. The van der Waals surface area contributed by atoms with Crippen LogP contribution in [-0.2, 0) is 19.1 Å². The first kappa shape index (κ1) is 23.8. The Morgan fingerprint density at radius 2 is 1.69 bits per heavy atom. The number of carboxylic acid groups (broad SMARTS) is 1. The van der Waals surface area contributed by atoms with Crippen molar-refractivity contribution in [2.75, 3.05) is 31.1 Å². The molecule has 11 heteroatoms. The molecule has 0 atom stereocenters. The van der Waals surface area contributed by atoms with E-state index in [1.165, 1.54) is 0 Å². The van der Waals surface area contributed by atoms with Gasteiger partial charge in [-0.25, -0.2) is 4.79 Å². The molecule has 0 unspecified atom stereocenters. The Morgan fingerprint density at radius 1 is 1.09 bits per heavy atom. The molecule has 8 nitrogen and oxygen atoms in total. The number of anilines is 1. The predicted octanol–water partition coefficient (Wildman–Crippen LogP) is 2.63. The zero-order valence-electron chi connectivity index (χ0n) is 17.5. The van der Waals surface area contributed by atoms with Gasteiger partial charge in [0.05, 0.1) is 6.42 Å². The van der Waals surface area contributed by atoms with E-state index in [2.05, 4.69) is 14.6 Å². The van der Waals surface area contributed by atoms with E-state index < -0.39 is 30.1 Å². The van der Waals surface area contributed by atoms with E-state index in [1.54, 1.807) is 17.3 Å². The normalized spacial score (nSPS) is 24.2. The second-order valence-electron chi connectivity index (χ2n) is 8.36. The fourth-order valence-corrected chi connectivity index (χ4v) is 4.40. The van der Waals surface area contributed by atoms with Crippen LogP contribution in [0.1, 0.15) is 38.5 Å². The Kier molecular flexibility index (Phi) is 7.25. The quantitative estimate of drug-likeness (QED) is 0.656. The van der Waals surface area contributed by atoms with Gasteiger partial charge in [-0.05, 0) is 43.7 Å². The molecule has 2 aliphatic rings. The molecule has 1 N–H and O–H groups in total. The summed E-state index contributed by atoms with van der Waals surface area (Å²) >= 11 is 0. The first-order valence-corrected chi connectivity index (χ1v) is 10.5. The Balaban J connectivity index is 1.50. The number of rotatable bonds is 6. The molecular formula is C21H26F3N3O5. The predicted molar refractivity (Wildman–Crippen MR) is 107 cm³/mol. The lowest BCUT2D eigenvalue weighted by atomic mass is 9.75. The van der Waals surface area contributed by atoms with Gasteiger partial charge in [0, 0.05) is 50.7 Å². The highest BCUT2D eigenvalue weighted by Crippen LogP contribution is 2.40. The largest absolute Gasteiger partial charge is 0.490 e. The van der Waals surface area contributed by atoms with Gasteiger partial charge in [0.25, 0.3) is 0 Å². The first-order valence-electron chi connectivity index (χ1n) is 10.5. The van der Waals surface area contributed by atoms with Crippen LogP contribution in [0.3, 0.4) is 0 Å². The molecule has 1 aromatic heterocycles. The van der Waals surface area contributed by atoms with Crippen molar-refractivity contribution < 1.29 is 37.4 Å². The number of halogens is 3. The molecule has 1 aromatic rings. The minimum absolute atomic E-state index is 0.0190. The molecule has 1 aliphatic heterocycles. The number of alkyl halides is 3. The fourth-order valence-electron chi connectivity index (χ4n) is 4.40. The lowest BCUT2D eigenvalue weighted by Gasteiger charge is -2.40. The zero-order chi connectivity index (χ0) is 23.4. The maximum Gasteiger partial charge on any atom is 0.490 e. The SMILES string of the molecule is O=C(O)C[C@]1(OC(=O)C(F)(F)F)CC[C@H](CC(=O)N2CCN(c3ccncc3)CC2)CC1. The van der Waals surface area contributed by atoms with E-state index >= 15 is 0 Å². The number of piperazine rings is 1. The number of aromatic nitrogens is 1. The summed E-state index contributed by atoms with van der Waals surface area (Å²) in [5.74, 6) is -3.82. The van der Waals surface area contributed by atoms with E-state index in [0.29, 0.717) is 39.0 Å². The summed E-state index contributed by atoms with van der Waals surface area (Å²) in [6, 6.07) is 3.82. The molecule has 0 spiro atoms. The molecule has 2 fully saturated rings. The van der Waals surface area contributed by atoms with Crippen LogP contribution in [0.5, 0.6) is 0 Å². The molecule has 2 heterocycles. The van der Waals surface area contributed by atoms with Gasteiger partial charge in [-0.1, -0.05) is 0 Å². The van der Waals surface area contributed by atoms with Gasteiger partial charge in [0.15, 0.2) is 0 Å². The van der Waals surface area contributed by atoms with Gasteiger partial charge in [-0.2, -0.15) is 13.2 Å². The average Bonchev–Trinajstić information content (AvgIpc) is 2.75. The maximum absolute atomic E-state index is 12.7. The topological polar surface area (TPSA) is 100 Å². The minimum Gasteiger partial charge on any atom is -0.481 e. The number of nitrogens with zero attached hydrogens (tertiary/aromatic N) is 3. The maximum atomic E-state index is 12.7. The van der Waals surface area contributed by atoms with Crippen molar-refractivity contribution in [2.45, 2.75) is 50.3 Å². The van der Waals surface area contributed by atoms with E-state index in [4.69, 9.17) is 5.11 Å². The van der Waals surface area contributed by atoms with Crippen molar-refractivity contribution in [3.05, 3.63) is 24.5 Å². The highest BCUT2D eigenvalue weighted by Gasteiger charge is 2.48. The van der Waals surface area contributed by atoms with E-state index in [0.717, 1.165) is 5.69 Å². The number of carbonyl (C=O) groups excluding carboxylic acids is 2. The van der Waals surface area contributed by atoms with E-state index in [-0.39, 0.29) is 31.1 Å². The van der Waals surface area contributed by atoms with Gasteiger partial charge in [0.2, 0.25) is 5.91 Å². The summed E-state index contributed by atoms with van der Waals surface area (Å²) < 4.78 is 42.5. The van der Waals surface area contributed by atoms with Crippen LogP contribution < -0.4 is 4.90 Å². The van der Waals surface area contributed by atoms with Crippen molar-refractivity contribution in [3.8, 4) is 0 Å². The summed E-state index contributed by atoms with van der Waals surface area (Å²) in [7, 11) is 0. The molecule has 0 aromatic carbocycles. The standard InChI is InChI=1S/C21H26F3N3O5/c22-21(23,24)19(31)32-20(14-18(29)30)5-1-15(2-6-20)13-17(28)27-11-9-26(10-12-27)16-3-7-25-8-4-16/h3-4,7-8,15H,1-2,5-6,9-14H2,(H,29,30)/t15-,20-. The third-order valence-corrected chi connectivity index (χ3v) is 6.15. The van der Waals surface area contributed by atoms with E-state index in [9.17, 15) is 27.6 Å². The molecule has 1 amide bonds. The second-order valence-corrected chi connectivity index (χ2v) is 8.36. The molecule has 1 aliphatic carbocycles. The number of pyridine rings is 1. The highest BCUT2D eigenvalue weighted by atomic mass is 19.4. The number of carboxylic acids is 1. The van der Waals surface area contributed by atoms with Crippen LogP contribution >= 0.6 is 0 Å². The number of carbonyl (C=O) groups is 3. The van der Waals surface area contributed by atoms with Gasteiger partial charge < -0.3 is 19.6 Å². The lowest BCUT2D eigenvalue weighted by Crippen LogP contribution is -2.49. The third-order valence-electron chi connectivity index (χ3n) is 6.15. The van der Waals surface area contributed by atoms with Crippen molar-refractivity contribution in [1.82, 2.24) is 9.88 Å². The Hall–Kier alpha value is -2.85. The summed E-state index contributed by atoms with van der Waals surface area (Å²) in [5.41, 5.74) is -0.642. The van der Waals surface area contributed by atoms with Crippen LogP contribution in [0.4, 0.5) is 18.9 Å². The number of ether oxygens (including phenoxy) is 1. The van der Waals surface area contributed by atoms with Gasteiger partial charge >= 0.3 is 18.1 Å².